The summed E-state index contributed by atoms with van der Waals surface area (Å²) in [5, 5.41) is 5.95. The lowest BCUT2D eigenvalue weighted by Gasteiger charge is -2.07. The molecule has 0 fully saturated rings. The van der Waals surface area contributed by atoms with Crippen LogP contribution in [0.3, 0.4) is 0 Å². The maximum Gasteiger partial charge on any atom is 0.227 e. The summed E-state index contributed by atoms with van der Waals surface area (Å²) < 4.78 is 5.53. The smallest absolute Gasteiger partial charge is 0.227 e. The number of carbonyl (C=O) groups is 1. The Morgan fingerprint density at radius 3 is 2.54 bits per heavy atom. The monoisotopic (exact) mass is 338 g/mol. The molecule has 4 nitrogen and oxygen atoms in total. The number of amides is 1. The van der Waals surface area contributed by atoms with E-state index in [9.17, 15) is 4.79 Å². The van der Waals surface area contributed by atoms with Crippen molar-refractivity contribution in [1.82, 2.24) is 4.98 Å². The van der Waals surface area contributed by atoms with Crippen LogP contribution in [0.4, 0.5) is 5.69 Å². The second kappa shape index (κ2) is 7.75. The van der Waals surface area contributed by atoms with E-state index in [1.54, 1.807) is 11.3 Å². The van der Waals surface area contributed by atoms with Gasteiger partial charge in [0.25, 0.3) is 0 Å². The van der Waals surface area contributed by atoms with Crippen LogP contribution in [0.5, 0.6) is 5.75 Å². The predicted octanol–water partition coefficient (Wildman–Crippen LogP) is 4.53. The maximum atomic E-state index is 12.0. The van der Waals surface area contributed by atoms with E-state index in [-0.39, 0.29) is 5.91 Å². The maximum absolute atomic E-state index is 12.0. The van der Waals surface area contributed by atoms with Crippen LogP contribution in [0.15, 0.2) is 60.0 Å². The first-order valence-corrected chi connectivity index (χ1v) is 8.59. The summed E-state index contributed by atoms with van der Waals surface area (Å²) in [7, 11) is 0. The first kappa shape index (κ1) is 16.2. The van der Waals surface area contributed by atoms with E-state index in [4.69, 9.17) is 4.74 Å². The number of para-hydroxylation sites is 1. The van der Waals surface area contributed by atoms with Crippen LogP contribution >= 0.6 is 11.3 Å². The van der Waals surface area contributed by atoms with Crippen molar-refractivity contribution in [2.75, 3.05) is 11.9 Å². The highest BCUT2D eigenvalue weighted by Crippen LogP contribution is 2.23. The van der Waals surface area contributed by atoms with Gasteiger partial charge in [-0.2, -0.15) is 0 Å². The van der Waals surface area contributed by atoms with Crippen molar-refractivity contribution in [3.8, 4) is 17.0 Å². The van der Waals surface area contributed by atoms with Gasteiger partial charge in [0.2, 0.25) is 5.91 Å². The van der Waals surface area contributed by atoms with Gasteiger partial charge in [-0.3, -0.25) is 4.79 Å². The molecule has 1 heterocycles. The number of hydrogen-bond donors (Lipinski definition) is 1. The Kier molecular flexibility index (Phi) is 5.23. The molecule has 1 aromatic heterocycles. The van der Waals surface area contributed by atoms with Crippen LogP contribution in [0.25, 0.3) is 11.3 Å². The molecule has 0 spiro atoms. The molecule has 3 rings (SSSR count). The van der Waals surface area contributed by atoms with Gasteiger partial charge in [-0.1, -0.05) is 30.3 Å². The number of aromatic nitrogens is 1. The molecule has 0 radical (unpaired) electrons. The highest BCUT2D eigenvalue weighted by Gasteiger charge is 2.05. The second-order valence-electron chi connectivity index (χ2n) is 5.29. The molecule has 0 saturated carbocycles. The summed E-state index contributed by atoms with van der Waals surface area (Å²) >= 11 is 1.63. The Hall–Kier alpha value is -2.66. The summed E-state index contributed by atoms with van der Waals surface area (Å²) in [4.78, 5) is 16.4. The third-order valence-corrected chi connectivity index (χ3v) is 4.20. The molecule has 24 heavy (non-hydrogen) atoms. The van der Waals surface area contributed by atoms with Crippen molar-refractivity contribution in [2.24, 2.45) is 0 Å². The van der Waals surface area contributed by atoms with Crippen LogP contribution < -0.4 is 10.1 Å². The first-order valence-electron chi connectivity index (χ1n) is 7.71. The normalized spacial score (nSPS) is 10.4. The number of benzene rings is 2. The minimum absolute atomic E-state index is 0.0665. The van der Waals surface area contributed by atoms with Crippen molar-refractivity contribution in [2.45, 2.75) is 13.3 Å². The van der Waals surface area contributed by atoms with Crippen molar-refractivity contribution in [3.63, 3.8) is 0 Å². The molecule has 0 aliphatic carbocycles. The highest BCUT2D eigenvalue weighted by molar-refractivity contribution is 7.09. The average molecular weight is 338 g/mol. The highest BCUT2D eigenvalue weighted by atomic mass is 32.1. The molecule has 0 bridgehead atoms. The van der Waals surface area contributed by atoms with E-state index in [2.05, 4.69) is 10.3 Å². The third kappa shape index (κ3) is 4.43. The average Bonchev–Trinajstić information content (AvgIpc) is 3.03. The lowest BCUT2D eigenvalue weighted by atomic mass is 10.1. The zero-order chi connectivity index (χ0) is 16.8. The molecule has 122 valence electrons. The van der Waals surface area contributed by atoms with Crippen LogP contribution in [-0.4, -0.2) is 17.5 Å². The standard InChI is InChI=1S/C19H18N2O2S/c1-14-20-18(13-24-14)15-7-9-16(10-8-15)21-19(22)11-12-23-17-5-3-2-4-6-17/h2-10,13H,11-12H2,1H3,(H,21,22). The number of hydrogen-bond acceptors (Lipinski definition) is 4. The van der Waals surface area contributed by atoms with E-state index < -0.39 is 0 Å². The SMILES string of the molecule is Cc1nc(-c2ccc(NC(=O)CCOc3ccccc3)cc2)cs1. The Morgan fingerprint density at radius 2 is 1.88 bits per heavy atom. The summed E-state index contributed by atoms with van der Waals surface area (Å²) in [5.74, 6) is 0.705. The Balaban J connectivity index is 1.49. The second-order valence-corrected chi connectivity index (χ2v) is 6.35. The number of thiazole rings is 1. The quantitative estimate of drug-likeness (QED) is 0.718. The third-order valence-electron chi connectivity index (χ3n) is 3.42. The van der Waals surface area contributed by atoms with Crippen molar-refractivity contribution < 1.29 is 9.53 Å². The lowest BCUT2D eigenvalue weighted by molar-refractivity contribution is -0.116. The fraction of sp³-hybridized carbons (Fsp3) is 0.158. The molecule has 0 aliphatic rings. The van der Waals surface area contributed by atoms with Gasteiger partial charge in [0, 0.05) is 16.6 Å². The topological polar surface area (TPSA) is 51.2 Å². The van der Waals surface area contributed by atoms with Crippen molar-refractivity contribution >= 4 is 22.9 Å². The van der Waals surface area contributed by atoms with Crippen LogP contribution in [0, 0.1) is 6.92 Å². The molecule has 0 saturated heterocycles. The van der Waals surface area contributed by atoms with Gasteiger partial charge >= 0.3 is 0 Å². The molecule has 2 aromatic carbocycles. The molecule has 5 heteroatoms. The Labute approximate surface area is 145 Å². The summed E-state index contributed by atoms with van der Waals surface area (Å²) in [6.45, 7) is 2.34. The number of anilines is 1. The zero-order valence-electron chi connectivity index (χ0n) is 13.4. The molecule has 0 aliphatic heterocycles. The number of ether oxygens (including phenoxy) is 1. The van der Waals surface area contributed by atoms with E-state index in [1.807, 2.05) is 66.9 Å². The molecule has 0 unspecified atom stereocenters. The molecular formula is C19H18N2O2S. The van der Waals surface area contributed by atoms with Gasteiger partial charge in [-0.05, 0) is 31.2 Å². The minimum Gasteiger partial charge on any atom is -0.493 e. The van der Waals surface area contributed by atoms with E-state index in [1.165, 1.54) is 0 Å². The Bertz CT molecular complexity index is 798. The number of rotatable bonds is 6. The summed E-state index contributed by atoms with van der Waals surface area (Å²) in [6, 6.07) is 17.2. The van der Waals surface area contributed by atoms with Crippen molar-refractivity contribution in [1.29, 1.82) is 0 Å². The minimum atomic E-state index is -0.0665. The Morgan fingerprint density at radius 1 is 1.12 bits per heavy atom. The van der Waals surface area contributed by atoms with Gasteiger partial charge in [0.15, 0.2) is 0 Å². The zero-order valence-corrected chi connectivity index (χ0v) is 14.2. The molecular weight excluding hydrogens is 320 g/mol. The lowest BCUT2D eigenvalue weighted by Crippen LogP contribution is -2.15. The fourth-order valence-electron chi connectivity index (χ4n) is 2.22. The van der Waals surface area contributed by atoms with Gasteiger partial charge in [0.1, 0.15) is 5.75 Å². The van der Waals surface area contributed by atoms with Crippen LogP contribution in [-0.2, 0) is 4.79 Å². The number of nitrogens with zero attached hydrogens (tertiary/aromatic N) is 1. The van der Waals surface area contributed by atoms with E-state index in [0.29, 0.717) is 13.0 Å². The van der Waals surface area contributed by atoms with Gasteiger partial charge in [0.05, 0.1) is 23.7 Å². The number of nitrogens with one attached hydrogen (secondary N) is 1. The number of carbonyl (C=O) groups excluding carboxylic acids is 1. The van der Waals surface area contributed by atoms with Crippen LogP contribution in [0.2, 0.25) is 0 Å². The van der Waals surface area contributed by atoms with Crippen LogP contribution in [0.1, 0.15) is 11.4 Å². The molecule has 3 aromatic rings. The first-order chi connectivity index (χ1) is 11.7. The molecule has 1 amide bonds. The summed E-state index contributed by atoms with van der Waals surface area (Å²) in [6.07, 6.45) is 0.307. The predicted molar refractivity (Wildman–Crippen MR) is 97.5 cm³/mol. The van der Waals surface area contributed by atoms with Gasteiger partial charge in [-0.25, -0.2) is 4.98 Å². The van der Waals surface area contributed by atoms with E-state index in [0.717, 1.165) is 27.7 Å². The number of aryl methyl sites for hydroxylation is 1. The molecule has 0 atom stereocenters. The largest absolute Gasteiger partial charge is 0.493 e. The summed E-state index contributed by atoms with van der Waals surface area (Å²) in [5.41, 5.74) is 2.78. The van der Waals surface area contributed by atoms with E-state index >= 15 is 0 Å². The van der Waals surface area contributed by atoms with Gasteiger partial charge in [-0.15, -0.1) is 11.3 Å². The fourth-order valence-corrected chi connectivity index (χ4v) is 2.84. The van der Waals surface area contributed by atoms with Crippen molar-refractivity contribution in [3.05, 3.63) is 65.0 Å². The molecule has 1 N–H and O–H groups in total. The van der Waals surface area contributed by atoms with Gasteiger partial charge < -0.3 is 10.1 Å².